The molecular formula is C26H24F3NO5S. The first-order valence-corrected chi connectivity index (χ1v) is 13.1. The molecule has 5 rings (SSSR count). The highest BCUT2D eigenvalue weighted by Gasteiger charge is 2.42. The molecule has 1 fully saturated rings. The van der Waals surface area contributed by atoms with Gasteiger partial charge in [0.1, 0.15) is 18.1 Å². The van der Waals surface area contributed by atoms with Gasteiger partial charge >= 0.3 is 6.36 Å². The molecular weight excluding hydrogens is 495 g/mol. The Morgan fingerprint density at radius 1 is 0.944 bits per heavy atom. The fourth-order valence-corrected chi connectivity index (χ4v) is 6.69. The Bertz CT molecular complexity index is 1300. The summed E-state index contributed by atoms with van der Waals surface area (Å²) in [4.78, 5) is 1.92. The van der Waals surface area contributed by atoms with Crippen LogP contribution in [0.3, 0.4) is 0 Å². The molecule has 190 valence electrons. The second kappa shape index (κ2) is 9.33. The van der Waals surface area contributed by atoms with Crippen molar-refractivity contribution in [2.24, 2.45) is 5.92 Å². The number of ether oxygens (including phenoxy) is 2. The number of aliphatic hydroxyl groups is 1. The van der Waals surface area contributed by atoms with Gasteiger partial charge in [0.05, 0.1) is 28.5 Å². The van der Waals surface area contributed by atoms with Crippen molar-refractivity contribution >= 4 is 21.2 Å². The van der Waals surface area contributed by atoms with Crippen molar-refractivity contribution in [1.82, 2.24) is 0 Å². The van der Waals surface area contributed by atoms with Crippen molar-refractivity contribution in [2.45, 2.75) is 42.9 Å². The number of sulfone groups is 1. The highest BCUT2D eigenvalue weighted by molar-refractivity contribution is 7.91. The van der Waals surface area contributed by atoms with Crippen molar-refractivity contribution in [3.8, 4) is 11.5 Å². The second-order valence-electron chi connectivity index (χ2n) is 8.95. The van der Waals surface area contributed by atoms with Crippen LogP contribution >= 0.6 is 0 Å². The molecule has 3 atom stereocenters. The molecule has 1 N–H and O–H groups in total. The molecule has 1 saturated carbocycles. The van der Waals surface area contributed by atoms with Crippen LogP contribution in [-0.4, -0.2) is 37.8 Å². The van der Waals surface area contributed by atoms with Gasteiger partial charge in [0, 0.05) is 17.2 Å². The summed E-state index contributed by atoms with van der Waals surface area (Å²) in [5, 5.41) is 11.3. The number of hydrogen-bond donors (Lipinski definition) is 1. The summed E-state index contributed by atoms with van der Waals surface area (Å²) in [6, 6.07) is 19.0. The predicted octanol–water partition coefficient (Wildman–Crippen LogP) is 5.23. The maximum absolute atomic E-state index is 13.1. The molecule has 1 aliphatic carbocycles. The summed E-state index contributed by atoms with van der Waals surface area (Å²) in [5.41, 5.74) is 2.66. The third-order valence-electron chi connectivity index (χ3n) is 6.65. The number of fused-ring (bicyclic) bond motifs is 2. The summed E-state index contributed by atoms with van der Waals surface area (Å²) in [5.74, 6) is -0.687. The number of benzene rings is 3. The maximum Gasteiger partial charge on any atom is 0.573 e. The van der Waals surface area contributed by atoms with E-state index in [1.165, 1.54) is 0 Å². The van der Waals surface area contributed by atoms with Gasteiger partial charge < -0.3 is 19.5 Å². The normalized spacial score (nSPS) is 21.8. The van der Waals surface area contributed by atoms with Crippen LogP contribution in [0.15, 0.2) is 77.7 Å². The molecule has 6 nitrogen and oxygen atoms in total. The number of alkyl halides is 3. The quantitative estimate of drug-likeness (QED) is 0.498. The zero-order valence-electron chi connectivity index (χ0n) is 19.1. The minimum atomic E-state index is -4.86. The number of aliphatic hydroxyl groups excluding tert-OH is 1. The average molecular weight is 520 g/mol. The van der Waals surface area contributed by atoms with Gasteiger partial charge in [-0.15, -0.1) is 13.2 Å². The van der Waals surface area contributed by atoms with Gasteiger partial charge in [-0.3, -0.25) is 0 Å². The summed E-state index contributed by atoms with van der Waals surface area (Å²) >= 11 is 0. The smallest absolute Gasteiger partial charge is 0.487 e. The zero-order chi connectivity index (χ0) is 25.5. The Kier molecular flexibility index (Phi) is 6.34. The Labute approximate surface area is 206 Å². The van der Waals surface area contributed by atoms with Crippen LogP contribution in [0.2, 0.25) is 0 Å². The van der Waals surface area contributed by atoms with Crippen molar-refractivity contribution in [3.05, 3.63) is 78.4 Å². The van der Waals surface area contributed by atoms with Gasteiger partial charge in [-0.05, 0) is 55.3 Å². The van der Waals surface area contributed by atoms with E-state index in [9.17, 15) is 26.7 Å². The summed E-state index contributed by atoms with van der Waals surface area (Å²) in [7, 11) is -3.86. The van der Waals surface area contributed by atoms with Gasteiger partial charge in [0.25, 0.3) is 0 Å². The highest BCUT2D eigenvalue weighted by Crippen LogP contribution is 2.45. The standard InChI is InChI=1S/C26H24F3NO5S/c27-26(28,29)35-19-10-12-20(13-11-19)36(32,33)16-18-9-14-23(25(18)31)30-21-6-2-1-5-17(21)15-34-24-8-4-3-7-22(24)30/h1-8,10-13,18,23,25,31H,9,14-16H2/t18-,23-,25-/m0/s1. The van der Waals surface area contributed by atoms with Crippen LogP contribution in [0.4, 0.5) is 24.5 Å². The van der Waals surface area contributed by atoms with Crippen molar-refractivity contribution < 1.29 is 36.2 Å². The SMILES string of the molecule is O=S(=O)(C[C@@H]1CC[C@H](N2c3ccccc3COc3ccccc32)[C@H]1O)c1ccc(OC(F)(F)F)cc1. The van der Waals surface area contributed by atoms with Crippen LogP contribution < -0.4 is 14.4 Å². The third kappa shape index (κ3) is 4.87. The number of halogens is 3. The van der Waals surface area contributed by atoms with Crippen molar-refractivity contribution in [3.63, 3.8) is 0 Å². The van der Waals surface area contributed by atoms with E-state index in [-0.39, 0.29) is 16.7 Å². The molecule has 10 heteroatoms. The lowest BCUT2D eigenvalue weighted by Crippen LogP contribution is -2.40. The van der Waals surface area contributed by atoms with E-state index in [0.717, 1.165) is 41.2 Å². The van der Waals surface area contributed by atoms with Gasteiger partial charge in [-0.1, -0.05) is 30.3 Å². The van der Waals surface area contributed by atoms with E-state index in [4.69, 9.17) is 4.74 Å². The monoisotopic (exact) mass is 519 g/mol. The first-order chi connectivity index (χ1) is 17.1. The Morgan fingerprint density at radius 3 is 2.33 bits per heavy atom. The molecule has 0 bridgehead atoms. The van der Waals surface area contributed by atoms with Crippen molar-refractivity contribution in [2.75, 3.05) is 10.7 Å². The first-order valence-electron chi connectivity index (χ1n) is 11.5. The second-order valence-corrected chi connectivity index (χ2v) is 11.0. The van der Waals surface area contributed by atoms with Gasteiger partial charge in [0.2, 0.25) is 0 Å². The fraction of sp³-hybridized carbons (Fsp3) is 0.308. The number of anilines is 2. The lowest BCUT2D eigenvalue weighted by Gasteiger charge is -2.34. The van der Waals surface area contributed by atoms with Crippen LogP contribution in [0, 0.1) is 5.92 Å². The largest absolute Gasteiger partial charge is 0.573 e. The predicted molar refractivity (Wildman–Crippen MR) is 127 cm³/mol. The fourth-order valence-electron chi connectivity index (χ4n) is 5.02. The van der Waals surface area contributed by atoms with Gasteiger partial charge in [-0.2, -0.15) is 0 Å². The Hall–Kier alpha value is -3.24. The molecule has 1 heterocycles. The zero-order valence-corrected chi connectivity index (χ0v) is 19.9. The molecule has 1 aliphatic heterocycles. The summed E-state index contributed by atoms with van der Waals surface area (Å²) in [6.45, 7) is 0.373. The number of rotatable bonds is 5. The van der Waals surface area contributed by atoms with Gasteiger partial charge in [-0.25, -0.2) is 8.42 Å². The van der Waals surface area contributed by atoms with E-state index in [1.54, 1.807) is 0 Å². The van der Waals surface area contributed by atoms with E-state index in [0.29, 0.717) is 25.2 Å². The average Bonchev–Trinajstić information content (AvgIpc) is 3.08. The minimum Gasteiger partial charge on any atom is -0.487 e. The summed E-state index contributed by atoms with van der Waals surface area (Å²) in [6.07, 6.45) is -4.78. The molecule has 0 radical (unpaired) electrons. The van der Waals surface area contributed by atoms with Crippen LogP contribution in [0.1, 0.15) is 18.4 Å². The molecule has 3 aromatic carbocycles. The molecule has 0 amide bonds. The van der Waals surface area contributed by atoms with Crippen molar-refractivity contribution in [1.29, 1.82) is 0 Å². The third-order valence-corrected chi connectivity index (χ3v) is 8.51. The molecule has 0 unspecified atom stereocenters. The Balaban J connectivity index is 1.39. The molecule has 0 spiro atoms. The van der Waals surface area contributed by atoms with E-state index < -0.39 is 34.0 Å². The van der Waals surface area contributed by atoms with Crippen LogP contribution in [-0.2, 0) is 16.4 Å². The van der Waals surface area contributed by atoms with E-state index >= 15 is 0 Å². The molecule has 0 saturated heterocycles. The lowest BCUT2D eigenvalue weighted by atomic mass is 10.0. The molecule has 0 aromatic heterocycles. The highest BCUT2D eigenvalue weighted by atomic mass is 32.2. The van der Waals surface area contributed by atoms with Gasteiger partial charge in [0.15, 0.2) is 9.84 Å². The summed E-state index contributed by atoms with van der Waals surface area (Å²) < 4.78 is 73.2. The topological polar surface area (TPSA) is 76.1 Å². The lowest BCUT2D eigenvalue weighted by molar-refractivity contribution is -0.274. The molecule has 3 aromatic rings. The number of nitrogens with zero attached hydrogens (tertiary/aromatic N) is 1. The molecule has 36 heavy (non-hydrogen) atoms. The van der Waals surface area contributed by atoms with E-state index in [2.05, 4.69) is 4.74 Å². The number of para-hydroxylation sites is 3. The van der Waals surface area contributed by atoms with E-state index in [1.807, 2.05) is 53.4 Å². The minimum absolute atomic E-state index is 0.119. The molecule has 2 aliphatic rings. The van der Waals surface area contributed by atoms with Crippen LogP contribution in [0.25, 0.3) is 0 Å². The van der Waals surface area contributed by atoms with Crippen LogP contribution in [0.5, 0.6) is 11.5 Å². The number of hydrogen-bond acceptors (Lipinski definition) is 6. The maximum atomic E-state index is 13.1. The first kappa shape index (κ1) is 24.5. The Morgan fingerprint density at radius 2 is 1.61 bits per heavy atom.